The molecule has 0 fully saturated rings. The molecule has 0 saturated heterocycles. The van der Waals surface area contributed by atoms with Gasteiger partial charge in [0.2, 0.25) is 0 Å². The van der Waals surface area contributed by atoms with Gasteiger partial charge in [0.25, 0.3) is 5.91 Å². The Morgan fingerprint density at radius 1 is 0.966 bits per heavy atom. The average Bonchev–Trinajstić information content (AvgIpc) is 2.74. The molecule has 2 aromatic rings. The van der Waals surface area contributed by atoms with Crippen molar-refractivity contribution in [1.82, 2.24) is 5.43 Å². The first kappa shape index (κ1) is 22.6. The number of ether oxygens (including phenoxy) is 1. The van der Waals surface area contributed by atoms with Gasteiger partial charge in [0.15, 0.2) is 0 Å². The fraction of sp³-hybridized carbons (Fsp3) is 0.417. The van der Waals surface area contributed by atoms with Crippen LogP contribution in [0.5, 0.6) is 5.75 Å². The molecule has 0 aliphatic heterocycles. The van der Waals surface area contributed by atoms with Gasteiger partial charge in [-0.1, -0.05) is 70.1 Å². The number of nitrogens with one attached hydrogen (secondary N) is 1. The number of carbonyl (C=O) groups is 1. The SMILES string of the molecule is CCCCCCCCCCOc1ccc(C(=O)NN=Cc2ccccc2F)cc1. The molecule has 2 rings (SSSR count). The van der Waals surface area contributed by atoms with Crippen molar-refractivity contribution < 1.29 is 13.9 Å². The van der Waals surface area contributed by atoms with Crippen LogP contribution in [0.25, 0.3) is 0 Å². The summed E-state index contributed by atoms with van der Waals surface area (Å²) in [6, 6.07) is 13.2. The van der Waals surface area contributed by atoms with Crippen LogP contribution in [0.1, 0.15) is 74.2 Å². The molecule has 5 heteroatoms. The number of amides is 1. The first-order chi connectivity index (χ1) is 14.2. The first-order valence-corrected chi connectivity index (χ1v) is 10.5. The summed E-state index contributed by atoms with van der Waals surface area (Å²) >= 11 is 0. The molecule has 1 amide bonds. The molecule has 156 valence electrons. The molecule has 0 aromatic heterocycles. The fourth-order valence-corrected chi connectivity index (χ4v) is 2.93. The molecule has 0 spiro atoms. The Bertz CT molecular complexity index is 760. The Hall–Kier alpha value is -2.69. The third kappa shape index (κ3) is 8.90. The van der Waals surface area contributed by atoms with Gasteiger partial charge in [-0.3, -0.25) is 4.79 Å². The summed E-state index contributed by atoms with van der Waals surface area (Å²) in [5, 5.41) is 3.81. The molecule has 4 nitrogen and oxygen atoms in total. The Kier molecular flexibility index (Phi) is 10.5. The van der Waals surface area contributed by atoms with E-state index in [-0.39, 0.29) is 11.7 Å². The molecule has 0 aliphatic carbocycles. The fourth-order valence-electron chi connectivity index (χ4n) is 2.93. The van der Waals surface area contributed by atoms with Gasteiger partial charge < -0.3 is 4.74 Å². The average molecular weight is 399 g/mol. The van der Waals surface area contributed by atoms with Gasteiger partial charge in [0, 0.05) is 11.1 Å². The summed E-state index contributed by atoms with van der Waals surface area (Å²) in [6.45, 7) is 2.92. The third-order valence-corrected chi connectivity index (χ3v) is 4.66. The van der Waals surface area contributed by atoms with Crippen molar-refractivity contribution in [3.8, 4) is 5.75 Å². The van der Waals surface area contributed by atoms with Crippen LogP contribution in [-0.2, 0) is 0 Å². The minimum atomic E-state index is -0.386. The number of halogens is 1. The number of rotatable bonds is 13. The number of carbonyl (C=O) groups excluding carboxylic acids is 1. The van der Waals surface area contributed by atoms with Crippen molar-refractivity contribution in [3.05, 3.63) is 65.5 Å². The van der Waals surface area contributed by atoms with Gasteiger partial charge in [0.05, 0.1) is 12.8 Å². The standard InChI is InChI=1S/C24H31FN2O2/c1-2-3-4-5-6-7-8-11-18-29-22-16-14-20(15-17-22)24(28)27-26-19-21-12-9-10-13-23(21)25/h9-10,12-17,19H,2-8,11,18H2,1H3,(H,27,28). The highest BCUT2D eigenvalue weighted by Gasteiger charge is 2.05. The lowest BCUT2D eigenvalue weighted by Crippen LogP contribution is -2.17. The first-order valence-electron chi connectivity index (χ1n) is 10.5. The second-order valence-electron chi connectivity index (χ2n) is 7.07. The van der Waals surface area contributed by atoms with Crippen LogP contribution in [0.15, 0.2) is 53.6 Å². The summed E-state index contributed by atoms with van der Waals surface area (Å²) in [5.41, 5.74) is 3.19. The number of nitrogens with zero attached hydrogens (tertiary/aromatic N) is 1. The molecule has 29 heavy (non-hydrogen) atoms. The van der Waals surface area contributed by atoms with E-state index in [9.17, 15) is 9.18 Å². The summed E-state index contributed by atoms with van der Waals surface area (Å²) in [6.07, 6.45) is 11.4. The van der Waals surface area contributed by atoms with Gasteiger partial charge in [-0.25, -0.2) is 9.82 Å². The monoisotopic (exact) mass is 398 g/mol. The van der Waals surface area contributed by atoms with Crippen molar-refractivity contribution in [2.24, 2.45) is 5.10 Å². The van der Waals surface area contributed by atoms with Crippen LogP contribution in [0, 0.1) is 5.82 Å². The Labute approximate surface area is 173 Å². The van der Waals surface area contributed by atoms with E-state index >= 15 is 0 Å². The lowest BCUT2D eigenvalue weighted by Gasteiger charge is -2.07. The van der Waals surface area contributed by atoms with Gasteiger partial charge >= 0.3 is 0 Å². The lowest BCUT2D eigenvalue weighted by atomic mass is 10.1. The largest absolute Gasteiger partial charge is 0.494 e. The maximum atomic E-state index is 13.5. The van der Waals surface area contributed by atoms with Crippen molar-refractivity contribution in [1.29, 1.82) is 0 Å². The van der Waals surface area contributed by atoms with Gasteiger partial charge in [-0.2, -0.15) is 5.10 Å². The molecule has 0 aliphatic rings. The molecule has 0 atom stereocenters. The van der Waals surface area contributed by atoms with Crippen molar-refractivity contribution in [2.45, 2.75) is 58.3 Å². The molecule has 0 bridgehead atoms. The second kappa shape index (κ2) is 13.5. The van der Waals surface area contributed by atoms with Crippen molar-refractivity contribution in [2.75, 3.05) is 6.61 Å². The molecular formula is C24H31FN2O2. The van der Waals surface area contributed by atoms with E-state index in [0.29, 0.717) is 17.7 Å². The second-order valence-corrected chi connectivity index (χ2v) is 7.07. The molecule has 0 saturated carbocycles. The van der Waals surface area contributed by atoms with Crippen molar-refractivity contribution >= 4 is 12.1 Å². The highest BCUT2D eigenvalue weighted by Crippen LogP contribution is 2.14. The van der Waals surface area contributed by atoms with E-state index in [1.807, 2.05) is 0 Å². The Morgan fingerprint density at radius 3 is 2.31 bits per heavy atom. The zero-order valence-corrected chi connectivity index (χ0v) is 17.2. The van der Waals surface area contributed by atoms with Gasteiger partial charge in [0.1, 0.15) is 11.6 Å². The maximum Gasteiger partial charge on any atom is 0.271 e. The zero-order valence-electron chi connectivity index (χ0n) is 17.2. The maximum absolute atomic E-state index is 13.5. The van der Waals surface area contributed by atoms with Crippen LogP contribution in [-0.4, -0.2) is 18.7 Å². The van der Waals surface area contributed by atoms with E-state index in [1.54, 1.807) is 42.5 Å². The number of hydrazone groups is 1. The van der Waals surface area contributed by atoms with E-state index < -0.39 is 0 Å². The predicted molar refractivity (Wildman–Crippen MR) is 116 cm³/mol. The molecule has 2 aromatic carbocycles. The molecule has 0 radical (unpaired) electrons. The highest BCUT2D eigenvalue weighted by atomic mass is 19.1. The summed E-state index contributed by atoms with van der Waals surface area (Å²) in [4.78, 5) is 12.1. The Balaban J connectivity index is 1.65. The number of unbranched alkanes of at least 4 members (excludes halogenated alkanes) is 7. The summed E-state index contributed by atoms with van der Waals surface area (Å²) in [5.74, 6) is 0.00931. The van der Waals surface area contributed by atoms with Crippen LogP contribution >= 0.6 is 0 Å². The Morgan fingerprint density at radius 2 is 1.62 bits per heavy atom. The van der Waals surface area contributed by atoms with Crippen LogP contribution in [0.4, 0.5) is 4.39 Å². The van der Waals surface area contributed by atoms with E-state index in [1.165, 1.54) is 57.2 Å². The summed E-state index contributed by atoms with van der Waals surface area (Å²) in [7, 11) is 0. The minimum absolute atomic E-state index is 0.317. The van der Waals surface area contributed by atoms with Gasteiger partial charge in [-0.05, 0) is 36.8 Å². The predicted octanol–water partition coefficient (Wildman–Crippen LogP) is 6.11. The molecule has 0 heterocycles. The van der Waals surface area contributed by atoms with E-state index in [0.717, 1.165) is 12.2 Å². The number of hydrogen-bond acceptors (Lipinski definition) is 3. The van der Waals surface area contributed by atoms with Crippen LogP contribution in [0.2, 0.25) is 0 Å². The highest BCUT2D eigenvalue weighted by molar-refractivity contribution is 5.95. The van der Waals surface area contributed by atoms with Crippen LogP contribution < -0.4 is 10.2 Å². The van der Waals surface area contributed by atoms with E-state index in [4.69, 9.17) is 4.74 Å². The lowest BCUT2D eigenvalue weighted by molar-refractivity contribution is 0.0955. The van der Waals surface area contributed by atoms with Gasteiger partial charge in [-0.15, -0.1) is 0 Å². The molecular weight excluding hydrogens is 367 g/mol. The molecule has 0 unspecified atom stereocenters. The van der Waals surface area contributed by atoms with Crippen LogP contribution in [0.3, 0.4) is 0 Å². The molecule has 1 N–H and O–H groups in total. The topological polar surface area (TPSA) is 50.7 Å². The zero-order chi connectivity index (χ0) is 20.7. The van der Waals surface area contributed by atoms with Crippen molar-refractivity contribution in [3.63, 3.8) is 0 Å². The van der Waals surface area contributed by atoms with E-state index in [2.05, 4.69) is 17.5 Å². The smallest absolute Gasteiger partial charge is 0.271 e. The number of benzene rings is 2. The summed E-state index contributed by atoms with van der Waals surface area (Å²) < 4.78 is 19.2. The number of hydrogen-bond donors (Lipinski definition) is 1. The third-order valence-electron chi connectivity index (χ3n) is 4.66. The minimum Gasteiger partial charge on any atom is -0.494 e. The quantitative estimate of drug-likeness (QED) is 0.251. The normalized spacial score (nSPS) is 11.0.